The number of ether oxygens (including phenoxy) is 1. The van der Waals surface area contributed by atoms with E-state index in [2.05, 4.69) is 22.5 Å². The molecule has 31 heavy (non-hydrogen) atoms. The topological polar surface area (TPSA) is 93.5 Å². The Morgan fingerprint density at radius 3 is 2.52 bits per heavy atom. The molecular formula is C24H30BN3O3. The van der Waals surface area contributed by atoms with Gasteiger partial charge in [0.25, 0.3) is 5.91 Å². The molecule has 7 heteroatoms. The lowest BCUT2D eigenvalue weighted by Gasteiger charge is -2.24. The average Bonchev–Trinajstić information content (AvgIpc) is 2.66. The number of carbonyl (C=O) groups is 2. The third-order valence-corrected chi connectivity index (χ3v) is 4.36. The number of hydrogen-bond donors (Lipinski definition) is 3. The van der Waals surface area contributed by atoms with E-state index in [1.165, 1.54) is 0 Å². The first-order valence-corrected chi connectivity index (χ1v) is 10.3. The van der Waals surface area contributed by atoms with Crippen molar-refractivity contribution in [2.24, 2.45) is 5.92 Å². The fourth-order valence-electron chi connectivity index (χ4n) is 2.90. The first-order chi connectivity index (χ1) is 14.5. The Morgan fingerprint density at radius 1 is 1.26 bits per heavy atom. The summed E-state index contributed by atoms with van der Waals surface area (Å²) in [6.45, 7) is 7.17. The number of nitrogen functional groups attached to an aromatic ring is 1. The molecule has 4 N–H and O–H groups in total. The zero-order valence-corrected chi connectivity index (χ0v) is 18.6. The maximum atomic E-state index is 12.5. The van der Waals surface area contributed by atoms with E-state index in [9.17, 15) is 9.59 Å². The number of nitrogens with one attached hydrogen (secondary N) is 2. The summed E-state index contributed by atoms with van der Waals surface area (Å²) in [5, 5.41) is 5.47. The van der Waals surface area contributed by atoms with Crippen LogP contribution >= 0.6 is 0 Å². The monoisotopic (exact) mass is 419 g/mol. The second kappa shape index (κ2) is 10.8. The molecule has 1 aliphatic carbocycles. The van der Waals surface area contributed by atoms with Gasteiger partial charge in [-0.25, -0.2) is 4.79 Å². The highest BCUT2D eigenvalue weighted by molar-refractivity contribution is 6.12. The second-order valence-corrected chi connectivity index (χ2v) is 8.62. The van der Waals surface area contributed by atoms with Crippen LogP contribution in [-0.4, -0.2) is 37.4 Å². The van der Waals surface area contributed by atoms with Crippen molar-refractivity contribution in [2.45, 2.75) is 58.1 Å². The van der Waals surface area contributed by atoms with E-state index in [-0.39, 0.29) is 17.9 Å². The lowest BCUT2D eigenvalue weighted by Crippen LogP contribution is -2.44. The number of benzene rings is 1. The highest BCUT2D eigenvalue weighted by Gasteiger charge is 2.20. The van der Waals surface area contributed by atoms with Crippen LogP contribution in [0.25, 0.3) is 0 Å². The Balaban J connectivity index is 1.79. The molecule has 3 atom stereocenters. The van der Waals surface area contributed by atoms with Crippen molar-refractivity contribution in [2.75, 3.05) is 5.73 Å². The fourth-order valence-corrected chi connectivity index (χ4v) is 2.90. The Hall–Kier alpha value is -3.14. The summed E-state index contributed by atoms with van der Waals surface area (Å²) in [4.78, 5) is 24.3. The van der Waals surface area contributed by atoms with Gasteiger partial charge in [0.05, 0.1) is 7.85 Å². The van der Waals surface area contributed by atoms with Gasteiger partial charge in [0.15, 0.2) is 0 Å². The Bertz CT molecular complexity index is 905. The van der Waals surface area contributed by atoms with Gasteiger partial charge in [0.1, 0.15) is 5.60 Å². The minimum absolute atomic E-state index is 0.0537. The highest BCUT2D eigenvalue weighted by atomic mass is 16.6. The van der Waals surface area contributed by atoms with Gasteiger partial charge in [-0.05, 0) is 70.7 Å². The molecule has 1 aromatic carbocycles. The number of carbonyl (C=O) groups excluding carboxylic acids is 2. The number of amides is 2. The lowest BCUT2D eigenvalue weighted by molar-refractivity contribution is -0.117. The summed E-state index contributed by atoms with van der Waals surface area (Å²) >= 11 is 0. The molecule has 2 rings (SSSR count). The zero-order chi connectivity index (χ0) is 23.0. The van der Waals surface area contributed by atoms with Crippen LogP contribution in [0.15, 0.2) is 48.1 Å². The first kappa shape index (κ1) is 24.1. The van der Waals surface area contributed by atoms with Gasteiger partial charge >= 0.3 is 6.09 Å². The molecule has 0 bridgehead atoms. The Kier molecular flexibility index (Phi) is 8.38. The first-order valence-electron chi connectivity index (χ1n) is 10.3. The highest BCUT2D eigenvalue weighted by Crippen LogP contribution is 2.17. The zero-order valence-electron chi connectivity index (χ0n) is 18.6. The standard InChI is InChI=1S/C24H30BN3O3/c1-16(15-21(25)28-23(30)31-24(2,3)4)27-22(29)19-11-7-17(8-12-19)5-6-18-9-13-20(26)14-10-18/h7,9-14,16-17,21H,8,15,26H2,1-4H3,(H,27,29)(H,28,30). The van der Waals surface area contributed by atoms with Crippen LogP contribution < -0.4 is 16.4 Å². The number of allylic oxidation sites excluding steroid dienone is 2. The van der Waals surface area contributed by atoms with Gasteiger partial charge in [0.2, 0.25) is 0 Å². The molecule has 162 valence electrons. The number of anilines is 1. The molecular weight excluding hydrogens is 389 g/mol. The van der Waals surface area contributed by atoms with Crippen molar-refractivity contribution in [3.63, 3.8) is 0 Å². The molecule has 2 amide bonds. The van der Waals surface area contributed by atoms with E-state index in [0.717, 1.165) is 5.56 Å². The second-order valence-electron chi connectivity index (χ2n) is 8.62. The van der Waals surface area contributed by atoms with Crippen LogP contribution in [0.5, 0.6) is 0 Å². The number of hydrogen-bond acceptors (Lipinski definition) is 4. The molecule has 1 aromatic rings. The molecule has 1 aliphatic rings. The number of rotatable bonds is 5. The van der Waals surface area contributed by atoms with E-state index in [0.29, 0.717) is 24.1 Å². The molecule has 2 radical (unpaired) electrons. The van der Waals surface area contributed by atoms with E-state index in [1.54, 1.807) is 26.8 Å². The SMILES string of the molecule is [B]C(CC(C)NC(=O)C1=CCC(C#Cc2ccc(N)cc2)C=C1)NC(=O)OC(C)(C)C. The van der Waals surface area contributed by atoms with Crippen molar-refractivity contribution in [3.8, 4) is 11.8 Å². The third kappa shape index (κ3) is 9.04. The number of nitrogens with two attached hydrogens (primary N) is 1. The predicted octanol–water partition coefficient (Wildman–Crippen LogP) is 3.04. The van der Waals surface area contributed by atoms with Gasteiger partial charge in [0, 0.05) is 28.8 Å². The normalized spacial score (nSPS) is 17.4. The summed E-state index contributed by atoms with van der Waals surface area (Å²) in [5.74, 6) is 5.56. The van der Waals surface area contributed by atoms with Crippen LogP contribution in [0.1, 0.15) is 46.1 Å². The van der Waals surface area contributed by atoms with E-state index < -0.39 is 17.6 Å². The van der Waals surface area contributed by atoms with E-state index in [1.807, 2.05) is 43.3 Å². The van der Waals surface area contributed by atoms with Crippen molar-refractivity contribution in [3.05, 3.63) is 53.6 Å². The van der Waals surface area contributed by atoms with E-state index >= 15 is 0 Å². The van der Waals surface area contributed by atoms with Crippen LogP contribution in [-0.2, 0) is 9.53 Å². The maximum absolute atomic E-state index is 12.5. The van der Waals surface area contributed by atoms with Gasteiger partial charge < -0.3 is 21.1 Å². The predicted molar refractivity (Wildman–Crippen MR) is 124 cm³/mol. The minimum atomic E-state index is -0.631. The molecule has 0 saturated heterocycles. The van der Waals surface area contributed by atoms with Crippen molar-refractivity contribution < 1.29 is 14.3 Å². The molecule has 0 aromatic heterocycles. The molecule has 0 spiro atoms. The molecule has 0 heterocycles. The summed E-state index contributed by atoms with van der Waals surface area (Å²) in [5.41, 5.74) is 7.28. The summed E-state index contributed by atoms with van der Waals surface area (Å²) in [7, 11) is 5.94. The van der Waals surface area contributed by atoms with E-state index in [4.69, 9.17) is 18.3 Å². The lowest BCUT2D eigenvalue weighted by atomic mass is 9.90. The molecule has 0 fully saturated rings. The Labute approximate surface area is 186 Å². The maximum Gasteiger partial charge on any atom is 0.407 e. The van der Waals surface area contributed by atoms with Crippen molar-refractivity contribution >= 4 is 25.5 Å². The quantitative estimate of drug-likeness (QED) is 0.389. The molecule has 3 unspecified atom stereocenters. The minimum Gasteiger partial charge on any atom is -0.444 e. The van der Waals surface area contributed by atoms with Crippen LogP contribution in [0.4, 0.5) is 10.5 Å². The van der Waals surface area contributed by atoms with Crippen LogP contribution in [0.2, 0.25) is 0 Å². The van der Waals surface area contributed by atoms with Gasteiger partial charge in [-0.2, -0.15) is 0 Å². The third-order valence-electron chi connectivity index (χ3n) is 4.36. The van der Waals surface area contributed by atoms with Crippen LogP contribution in [0, 0.1) is 17.8 Å². The summed E-state index contributed by atoms with van der Waals surface area (Å²) in [6, 6.07) is 7.17. The average molecular weight is 419 g/mol. The van der Waals surface area contributed by atoms with Gasteiger partial charge in [-0.3, -0.25) is 4.79 Å². The largest absolute Gasteiger partial charge is 0.444 e. The molecule has 0 saturated carbocycles. The summed E-state index contributed by atoms with van der Waals surface area (Å²) < 4.78 is 5.18. The number of alkyl carbamates (subject to hydrolysis) is 1. The van der Waals surface area contributed by atoms with Crippen LogP contribution in [0.3, 0.4) is 0 Å². The summed E-state index contributed by atoms with van der Waals surface area (Å²) in [6.07, 6.45) is 6.05. The molecule has 0 aliphatic heterocycles. The smallest absolute Gasteiger partial charge is 0.407 e. The van der Waals surface area contributed by atoms with Crippen molar-refractivity contribution in [1.29, 1.82) is 0 Å². The van der Waals surface area contributed by atoms with Gasteiger partial charge in [-0.1, -0.05) is 30.1 Å². The Morgan fingerprint density at radius 2 is 1.94 bits per heavy atom. The van der Waals surface area contributed by atoms with Crippen molar-refractivity contribution in [1.82, 2.24) is 10.6 Å². The molecule has 6 nitrogen and oxygen atoms in total. The van der Waals surface area contributed by atoms with Gasteiger partial charge in [-0.15, -0.1) is 0 Å². The fraction of sp³-hybridized carbons (Fsp3) is 0.417.